The first-order valence-corrected chi connectivity index (χ1v) is 34.7. The van der Waals surface area contributed by atoms with E-state index in [1.165, 1.54) is 105 Å². The summed E-state index contributed by atoms with van der Waals surface area (Å²) in [6.07, 6.45) is 10.5. The summed E-state index contributed by atoms with van der Waals surface area (Å²) in [5.74, 6) is 4.59. The second-order valence-corrected chi connectivity index (χ2v) is 30.3. The molecule has 6 nitrogen and oxygen atoms in total. The Morgan fingerprint density at radius 1 is 0.701 bits per heavy atom. The fourth-order valence-corrected chi connectivity index (χ4v) is 23.7. The van der Waals surface area contributed by atoms with Crippen molar-refractivity contribution < 1.29 is 18.9 Å². The van der Waals surface area contributed by atoms with Gasteiger partial charge >= 0.3 is 222 Å². The van der Waals surface area contributed by atoms with Crippen LogP contribution < -0.4 is 22.7 Å². The number of aryl methyl sites for hydroxylation is 1. The number of benzene rings is 2. The minimum atomic E-state index is -1.41. The molecule has 0 aromatic heterocycles. The minimum absolute atomic E-state index is 0. The van der Waals surface area contributed by atoms with Crippen molar-refractivity contribution in [2.45, 2.75) is 210 Å². The first-order valence-electron chi connectivity index (χ1n) is 26.8. The molecule has 11 heteroatoms. The zero-order valence-electron chi connectivity index (χ0n) is 45.8. The van der Waals surface area contributed by atoms with Crippen LogP contribution in [0.2, 0.25) is 0 Å². The molecule has 2 saturated heterocycles. The Balaban J connectivity index is 0.000000229. The molecule has 67 heavy (non-hydrogen) atoms. The zero-order valence-corrected chi connectivity index (χ0v) is 51.4. The van der Waals surface area contributed by atoms with Crippen molar-refractivity contribution in [3.63, 3.8) is 0 Å². The van der Waals surface area contributed by atoms with Gasteiger partial charge in [-0.1, -0.05) is 59.2 Å². The average molecular weight is 1030 g/mol. The molecule has 5 unspecified atom stereocenters. The molecule has 0 N–H and O–H groups in total. The van der Waals surface area contributed by atoms with Gasteiger partial charge < -0.3 is 6.92 Å². The van der Waals surface area contributed by atoms with E-state index in [2.05, 4.69) is 177 Å². The van der Waals surface area contributed by atoms with Crippen LogP contribution in [-0.2, 0) is 0 Å². The maximum absolute atomic E-state index is 7.00. The smallest absolute Gasteiger partial charge is 0.343 e. The van der Waals surface area contributed by atoms with Crippen LogP contribution in [0.3, 0.4) is 0 Å². The molecule has 2 aromatic rings. The number of nitrogens with zero attached hydrogens (tertiary/aromatic N) is 6. The molecule has 0 spiro atoms. The fraction of sp³-hybridized carbons (Fsp3) is 0.714. The van der Waals surface area contributed by atoms with Crippen LogP contribution in [0.1, 0.15) is 195 Å². The van der Waals surface area contributed by atoms with Crippen LogP contribution >= 0.6 is 26.5 Å². The van der Waals surface area contributed by atoms with Gasteiger partial charge in [-0.05, 0) is 81.8 Å². The number of halogens is 1. The van der Waals surface area contributed by atoms with E-state index >= 15 is 0 Å². The Kier molecular flexibility index (Phi) is 22.1. The van der Waals surface area contributed by atoms with Crippen LogP contribution in [-0.4, -0.2) is 95.1 Å². The first-order chi connectivity index (χ1) is 31.4. The van der Waals surface area contributed by atoms with Gasteiger partial charge in [-0.25, -0.2) is 0 Å². The molecular weight excluding hydrogens is 934 g/mol. The summed E-state index contributed by atoms with van der Waals surface area (Å²) >= 11 is -1.41. The van der Waals surface area contributed by atoms with Crippen molar-refractivity contribution >= 4 is 58.3 Å². The maximum atomic E-state index is 7.00. The summed E-state index contributed by atoms with van der Waals surface area (Å²) < 4.78 is 14.1. The summed E-state index contributed by atoms with van der Waals surface area (Å²) in [7, 11) is 5.81. The molecule has 4 aliphatic carbocycles. The third-order valence-corrected chi connectivity index (χ3v) is 26.2. The van der Waals surface area contributed by atoms with E-state index < -0.39 is 22.9 Å². The van der Waals surface area contributed by atoms with Gasteiger partial charge in [0.25, 0.3) is 0 Å². The van der Waals surface area contributed by atoms with Crippen molar-refractivity contribution in [1.82, 2.24) is 18.7 Å². The molecule has 4 bridgehead atoms. The van der Waals surface area contributed by atoms with E-state index in [1.807, 2.05) is 5.31 Å². The molecule has 0 amide bonds. The van der Waals surface area contributed by atoms with E-state index in [4.69, 9.17) is 15.0 Å². The average Bonchev–Trinajstić information content (AvgIpc) is 4.14. The Morgan fingerprint density at radius 2 is 1.19 bits per heavy atom. The third kappa shape index (κ3) is 12.4. The summed E-state index contributed by atoms with van der Waals surface area (Å²) in [6, 6.07) is 16.2. The van der Waals surface area contributed by atoms with Gasteiger partial charge in [-0.2, -0.15) is 6.42 Å². The van der Waals surface area contributed by atoms with Crippen molar-refractivity contribution in [3.05, 3.63) is 76.6 Å². The summed E-state index contributed by atoms with van der Waals surface area (Å²) in [5.41, 5.74) is 12.4. The first kappa shape index (κ1) is 57.7. The largest absolute Gasteiger partial charge is 1.00 e. The normalized spacial score (nSPS) is 25.8. The number of fused-ring (bicyclic) bond motifs is 4. The number of hydrogen-bond acceptors (Lipinski definition) is 6. The van der Waals surface area contributed by atoms with Crippen LogP contribution in [0.5, 0.6) is 0 Å². The molecule has 0 radical (unpaired) electrons. The molecule has 371 valence electrons. The quantitative estimate of drug-likeness (QED) is 0.107. The standard InChI is InChI=1S/C27H44N3P.C25H41ClGeN3P.C4H9.Li/c1-17(2)23-10-9-11-24(18(3)4)26(23)28-25-21-12-13-22(16-21)27(25)31-29(19(5)6)14-15-30(31)20(7)8;1-16(2)22-10-8-9-19(7)23(22)30(27-26)24-20-11-12-21(15-20)25(24)31-28(17(3)4)13-14-29(31)18(5)6;1-3-4-2;/h9-11,17-22,27H,12-16H2,1-8H3;8-10,16-18,20-21H,11-15,27H2,1-7H3;1,3-4H2,2H3;/q;2*-1;+1/p+1. The van der Waals surface area contributed by atoms with Crippen molar-refractivity contribution in [2.24, 2.45) is 28.7 Å². The number of anilines is 1. The number of para-hydroxylation sites is 2. The second-order valence-electron chi connectivity index (χ2n) is 22.7. The zero-order chi connectivity index (χ0) is 48.3. The van der Waals surface area contributed by atoms with Gasteiger partial charge in [0.15, 0.2) is 0 Å². The van der Waals surface area contributed by atoms with Crippen LogP contribution in [0.25, 0.3) is 0 Å². The molecule has 5 fully saturated rings. The minimum Gasteiger partial charge on any atom is -0.343 e. The SMILES string of the molecule is CC(C)c1cccc(C(C)C)c1N=C1C2CCC(C2)C1P1N(C(C)C)CCN1C(C)C.Cc1cccc(C(C)C)c1[N]([GeH2-][Cl])C1=C([PH+]2N(C(C)C)CCN2C(C)C)C2CCC1C2.[CH2-]CCC.[Li+]. The Hall–Kier alpha value is -0.220. The van der Waals surface area contributed by atoms with Crippen LogP contribution in [0.15, 0.2) is 52.4 Å². The van der Waals surface area contributed by atoms with E-state index in [1.54, 1.807) is 11.4 Å². The van der Waals surface area contributed by atoms with Crippen molar-refractivity contribution in [1.29, 1.82) is 0 Å². The number of unbranched alkanes of at least 4 members (excludes halogenated alkanes) is 1. The van der Waals surface area contributed by atoms with Gasteiger partial charge in [0, 0.05) is 44.8 Å². The van der Waals surface area contributed by atoms with Gasteiger partial charge in [-0.3, -0.25) is 14.3 Å². The Morgan fingerprint density at radius 3 is 1.67 bits per heavy atom. The summed E-state index contributed by atoms with van der Waals surface area (Å²) in [5, 5.41) is 1.84. The predicted molar refractivity (Wildman–Crippen MR) is 299 cm³/mol. The maximum Gasteiger partial charge on any atom is 1.00 e. The van der Waals surface area contributed by atoms with E-state index in [0.29, 0.717) is 53.5 Å². The van der Waals surface area contributed by atoms with E-state index in [0.717, 1.165) is 24.2 Å². The van der Waals surface area contributed by atoms with Crippen LogP contribution in [0, 0.1) is 37.5 Å². The molecule has 5 atom stereocenters. The molecule has 2 heterocycles. The Bertz CT molecular complexity index is 1910. The molecule has 2 aromatic carbocycles. The second kappa shape index (κ2) is 25.6. The van der Waals surface area contributed by atoms with Gasteiger partial charge in [0.05, 0.1) is 5.69 Å². The Labute approximate surface area is 437 Å². The molecule has 2 aliphatic heterocycles. The van der Waals surface area contributed by atoms with Gasteiger partial charge in [0.1, 0.15) is 0 Å². The number of aliphatic imine (C=N–C) groups is 1. The molecule has 3 saturated carbocycles. The molecule has 6 aliphatic rings. The van der Waals surface area contributed by atoms with E-state index in [9.17, 15) is 0 Å². The molecule has 8 rings (SSSR count). The summed E-state index contributed by atoms with van der Waals surface area (Å²) in [6.45, 7) is 46.1. The monoisotopic (exact) mass is 1030 g/mol. The number of rotatable bonds is 14. The predicted octanol–water partition coefficient (Wildman–Crippen LogP) is 12.5. The van der Waals surface area contributed by atoms with E-state index in [-0.39, 0.29) is 27.1 Å². The summed E-state index contributed by atoms with van der Waals surface area (Å²) in [4.78, 5) is 5.68. The van der Waals surface area contributed by atoms with Crippen LogP contribution in [0.4, 0.5) is 11.4 Å². The third-order valence-electron chi connectivity index (χ3n) is 15.8. The van der Waals surface area contributed by atoms with Crippen molar-refractivity contribution in [2.75, 3.05) is 30.0 Å². The van der Waals surface area contributed by atoms with Gasteiger partial charge in [0.2, 0.25) is 0 Å². The molecular formula is C56H95ClGeLiN6P2. The number of allylic oxidation sites excluding steroid dienone is 2. The van der Waals surface area contributed by atoms with Gasteiger partial charge in [-0.15, -0.1) is 0 Å². The topological polar surface area (TPSA) is 28.6 Å². The number of hydrogen-bond donors (Lipinski definition) is 0. The fourth-order valence-electron chi connectivity index (χ4n) is 12.4. The van der Waals surface area contributed by atoms with Crippen molar-refractivity contribution in [3.8, 4) is 0 Å².